The van der Waals surface area contributed by atoms with Crippen LogP contribution in [0.1, 0.15) is 18.4 Å². The quantitative estimate of drug-likeness (QED) is 0.419. The zero-order valence-corrected chi connectivity index (χ0v) is 21.3. The number of hydrogen-bond acceptors (Lipinski definition) is 8. The van der Waals surface area contributed by atoms with E-state index in [2.05, 4.69) is 56.0 Å². The molecule has 9 nitrogen and oxygen atoms in total. The second-order valence-corrected chi connectivity index (χ2v) is 9.82. The van der Waals surface area contributed by atoms with Gasteiger partial charge >= 0.3 is 0 Å². The normalized spacial score (nSPS) is 17.5. The van der Waals surface area contributed by atoms with Gasteiger partial charge < -0.3 is 20.7 Å². The molecular weight excluding hydrogens is 464 g/mol. The summed E-state index contributed by atoms with van der Waals surface area (Å²) in [6, 6.07) is 17.3. The van der Waals surface area contributed by atoms with Gasteiger partial charge in [0.15, 0.2) is 11.5 Å². The van der Waals surface area contributed by atoms with Crippen molar-refractivity contribution in [2.45, 2.75) is 25.4 Å². The van der Waals surface area contributed by atoms with Crippen molar-refractivity contribution in [2.24, 2.45) is 0 Å². The fourth-order valence-electron chi connectivity index (χ4n) is 5.34. The standard InChI is InChI=1S/C28H34N8O/c1-30-21-10-13-34(14-11-21)19-20-4-6-22(7-5-20)36-27(23-3-2-12-31-26(23)29)32-24-8-9-25(33-28(24)36)35-15-17-37-18-16-35/h2-9,12,21,30H,10-11,13-19H2,1H3,(H2,29,31). The van der Waals surface area contributed by atoms with Crippen LogP contribution in [0.3, 0.4) is 0 Å². The highest BCUT2D eigenvalue weighted by Gasteiger charge is 2.21. The van der Waals surface area contributed by atoms with Crippen molar-refractivity contribution in [3.8, 4) is 17.1 Å². The Hall–Kier alpha value is -3.53. The van der Waals surface area contributed by atoms with Crippen molar-refractivity contribution in [1.29, 1.82) is 0 Å². The summed E-state index contributed by atoms with van der Waals surface area (Å²) >= 11 is 0. The average molecular weight is 499 g/mol. The van der Waals surface area contributed by atoms with Crippen LogP contribution in [-0.2, 0) is 11.3 Å². The molecule has 5 heterocycles. The summed E-state index contributed by atoms with van der Waals surface area (Å²) in [5, 5.41) is 3.41. The Labute approximate surface area is 217 Å². The zero-order valence-electron chi connectivity index (χ0n) is 21.3. The SMILES string of the molecule is CNC1CCN(Cc2ccc(-n3c(-c4cccnc4N)nc4ccc(N5CCOCC5)nc43)cc2)CC1. The van der Waals surface area contributed by atoms with E-state index in [0.717, 1.165) is 66.8 Å². The molecule has 0 amide bonds. The number of likely N-dealkylation sites (tertiary alicyclic amines) is 1. The Balaban J connectivity index is 1.37. The number of piperidine rings is 1. The number of ether oxygens (including phenoxy) is 1. The zero-order chi connectivity index (χ0) is 25.2. The largest absolute Gasteiger partial charge is 0.383 e. The van der Waals surface area contributed by atoms with Crippen LogP contribution in [0.5, 0.6) is 0 Å². The van der Waals surface area contributed by atoms with E-state index in [1.165, 1.54) is 18.4 Å². The highest BCUT2D eigenvalue weighted by molar-refractivity contribution is 5.83. The predicted molar refractivity (Wildman–Crippen MR) is 147 cm³/mol. The Morgan fingerprint density at radius 2 is 1.76 bits per heavy atom. The molecule has 0 saturated carbocycles. The topological polar surface area (TPSA) is 97.4 Å². The maximum absolute atomic E-state index is 6.30. The highest BCUT2D eigenvalue weighted by Crippen LogP contribution is 2.31. The van der Waals surface area contributed by atoms with Crippen LogP contribution >= 0.6 is 0 Å². The minimum atomic E-state index is 0.453. The van der Waals surface area contributed by atoms with Crippen LogP contribution < -0.4 is 16.0 Å². The number of fused-ring (bicyclic) bond motifs is 1. The minimum absolute atomic E-state index is 0.453. The molecule has 0 radical (unpaired) electrons. The lowest BCUT2D eigenvalue weighted by Gasteiger charge is -2.31. The van der Waals surface area contributed by atoms with Gasteiger partial charge in [0.2, 0.25) is 0 Å². The number of pyridine rings is 2. The monoisotopic (exact) mass is 498 g/mol. The number of imidazole rings is 1. The number of nitrogens with zero attached hydrogens (tertiary/aromatic N) is 6. The maximum Gasteiger partial charge on any atom is 0.167 e. The van der Waals surface area contributed by atoms with Crippen molar-refractivity contribution in [3.63, 3.8) is 0 Å². The molecule has 3 N–H and O–H groups in total. The lowest BCUT2D eigenvalue weighted by molar-refractivity contribution is 0.122. The van der Waals surface area contributed by atoms with Gasteiger partial charge in [0.05, 0.1) is 18.8 Å². The number of nitrogens with two attached hydrogens (primary N) is 1. The number of benzene rings is 1. The van der Waals surface area contributed by atoms with Crippen molar-refractivity contribution in [3.05, 3.63) is 60.3 Å². The third kappa shape index (κ3) is 4.90. The van der Waals surface area contributed by atoms with Crippen molar-refractivity contribution in [1.82, 2.24) is 29.7 Å². The number of nitrogen functional groups attached to an aromatic ring is 1. The summed E-state index contributed by atoms with van der Waals surface area (Å²) < 4.78 is 7.64. The lowest BCUT2D eigenvalue weighted by Crippen LogP contribution is -2.40. The molecule has 37 heavy (non-hydrogen) atoms. The number of aromatic nitrogens is 4. The molecule has 3 aromatic heterocycles. The summed E-state index contributed by atoms with van der Waals surface area (Å²) in [6.45, 7) is 6.29. The molecule has 0 unspecified atom stereocenters. The Morgan fingerprint density at radius 3 is 2.49 bits per heavy atom. The lowest BCUT2D eigenvalue weighted by atomic mass is 10.0. The average Bonchev–Trinajstić information content (AvgIpc) is 3.33. The van der Waals surface area contributed by atoms with Gasteiger partial charge in [-0.1, -0.05) is 12.1 Å². The first-order valence-electron chi connectivity index (χ1n) is 13.1. The molecule has 2 aliphatic rings. The molecule has 0 spiro atoms. The predicted octanol–water partition coefficient (Wildman–Crippen LogP) is 3.09. The number of anilines is 2. The molecule has 2 fully saturated rings. The van der Waals surface area contributed by atoms with Gasteiger partial charge in [-0.3, -0.25) is 9.47 Å². The Bertz CT molecular complexity index is 1350. The van der Waals surface area contributed by atoms with Gasteiger partial charge in [-0.05, 0) is 74.9 Å². The summed E-state index contributed by atoms with van der Waals surface area (Å²) in [7, 11) is 2.06. The third-order valence-electron chi connectivity index (χ3n) is 7.50. The van der Waals surface area contributed by atoms with Crippen LogP contribution in [0.2, 0.25) is 0 Å². The van der Waals surface area contributed by atoms with E-state index in [4.69, 9.17) is 20.4 Å². The molecule has 2 aliphatic heterocycles. The fraction of sp³-hybridized carbons (Fsp3) is 0.393. The highest BCUT2D eigenvalue weighted by atomic mass is 16.5. The molecule has 4 aromatic rings. The van der Waals surface area contributed by atoms with Gasteiger partial charge in [-0.2, -0.15) is 0 Å². The van der Waals surface area contributed by atoms with E-state index in [0.29, 0.717) is 25.1 Å². The van der Waals surface area contributed by atoms with E-state index in [1.807, 2.05) is 24.3 Å². The number of hydrogen-bond donors (Lipinski definition) is 2. The molecule has 9 heteroatoms. The van der Waals surface area contributed by atoms with E-state index < -0.39 is 0 Å². The van der Waals surface area contributed by atoms with Crippen LogP contribution in [-0.4, -0.2) is 76.9 Å². The number of nitrogens with one attached hydrogen (secondary N) is 1. The summed E-state index contributed by atoms with van der Waals surface area (Å²) in [6.07, 6.45) is 4.10. The molecule has 2 saturated heterocycles. The first-order valence-corrected chi connectivity index (χ1v) is 13.1. The molecule has 0 atom stereocenters. The van der Waals surface area contributed by atoms with Crippen LogP contribution in [0.25, 0.3) is 28.2 Å². The summed E-state index contributed by atoms with van der Waals surface area (Å²) in [5.74, 6) is 2.13. The van der Waals surface area contributed by atoms with Crippen LogP contribution in [0.4, 0.5) is 11.6 Å². The third-order valence-corrected chi connectivity index (χ3v) is 7.50. The van der Waals surface area contributed by atoms with E-state index in [1.54, 1.807) is 6.20 Å². The molecule has 0 bridgehead atoms. The first-order chi connectivity index (χ1) is 18.2. The Morgan fingerprint density at radius 1 is 0.973 bits per heavy atom. The Kier molecular flexibility index (Phi) is 6.73. The second kappa shape index (κ2) is 10.5. The maximum atomic E-state index is 6.30. The van der Waals surface area contributed by atoms with E-state index >= 15 is 0 Å². The molecule has 192 valence electrons. The van der Waals surface area contributed by atoms with Gasteiger partial charge in [-0.15, -0.1) is 0 Å². The summed E-state index contributed by atoms with van der Waals surface area (Å²) in [4.78, 5) is 19.2. The number of morpholine rings is 1. The van der Waals surface area contributed by atoms with Gasteiger partial charge in [0.1, 0.15) is 17.2 Å². The number of rotatable bonds is 6. The van der Waals surface area contributed by atoms with Crippen LogP contribution in [0.15, 0.2) is 54.7 Å². The van der Waals surface area contributed by atoms with Crippen molar-refractivity contribution < 1.29 is 4.74 Å². The van der Waals surface area contributed by atoms with Crippen LogP contribution in [0, 0.1) is 0 Å². The van der Waals surface area contributed by atoms with Gasteiger partial charge in [0.25, 0.3) is 0 Å². The van der Waals surface area contributed by atoms with Crippen molar-refractivity contribution in [2.75, 3.05) is 57.1 Å². The fourth-order valence-corrected chi connectivity index (χ4v) is 5.34. The van der Waals surface area contributed by atoms with E-state index in [9.17, 15) is 0 Å². The molecule has 0 aliphatic carbocycles. The van der Waals surface area contributed by atoms with E-state index in [-0.39, 0.29) is 0 Å². The second-order valence-electron chi connectivity index (χ2n) is 9.82. The molecular formula is C28H34N8O. The molecule has 1 aromatic carbocycles. The minimum Gasteiger partial charge on any atom is -0.383 e. The molecule has 6 rings (SSSR count). The summed E-state index contributed by atoms with van der Waals surface area (Å²) in [5.41, 5.74) is 11.0. The van der Waals surface area contributed by atoms with Gasteiger partial charge in [0, 0.05) is 37.6 Å². The smallest absolute Gasteiger partial charge is 0.167 e. The van der Waals surface area contributed by atoms with Gasteiger partial charge in [-0.25, -0.2) is 15.0 Å². The first kappa shape index (κ1) is 23.8. The van der Waals surface area contributed by atoms with Crippen molar-refractivity contribution >= 4 is 22.8 Å².